The van der Waals surface area contributed by atoms with Gasteiger partial charge in [0.2, 0.25) is 11.6 Å². The Labute approximate surface area is 175 Å². The van der Waals surface area contributed by atoms with Crippen LogP contribution in [0.2, 0.25) is 0 Å². The number of hydrogen-bond acceptors (Lipinski definition) is 5. The van der Waals surface area contributed by atoms with Gasteiger partial charge in [-0.05, 0) is 49.8 Å². The number of aliphatic hydroxyl groups is 1. The molecule has 2 atom stereocenters. The number of benzene rings is 1. The minimum Gasteiger partial charge on any atom is -0.381 e. The Hall–Kier alpha value is -2.70. The Morgan fingerprint density at radius 2 is 1.93 bits per heavy atom. The molecular formula is C21H28FN5O3. The zero-order chi connectivity index (χ0) is 21.7. The van der Waals surface area contributed by atoms with E-state index in [-0.39, 0.29) is 5.92 Å². The van der Waals surface area contributed by atoms with E-state index in [2.05, 4.69) is 15.1 Å². The summed E-state index contributed by atoms with van der Waals surface area (Å²) in [4.78, 5) is 31.5. The van der Waals surface area contributed by atoms with Gasteiger partial charge in [0.15, 0.2) is 6.10 Å². The zero-order valence-corrected chi connectivity index (χ0v) is 16.9. The van der Waals surface area contributed by atoms with E-state index in [1.54, 1.807) is 11.0 Å². The summed E-state index contributed by atoms with van der Waals surface area (Å²) in [5.41, 5.74) is 6.83. The molecule has 3 rings (SSSR count). The number of aliphatic hydroxyl groups excluding tert-OH is 1. The van der Waals surface area contributed by atoms with E-state index in [4.69, 9.17) is 12.3 Å². The first kappa shape index (κ1) is 22.0. The molecule has 2 fully saturated rings. The molecule has 162 valence electrons. The highest BCUT2D eigenvalue weighted by Crippen LogP contribution is 2.32. The van der Waals surface area contributed by atoms with Crippen molar-refractivity contribution < 1.29 is 19.1 Å². The Morgan fingerprint density at radius 1 is 1.27 bits per heavy atom. The normalized spacial score (nSPS) is 19.3. The lowest BCUT2D eigenvalue weighted by atomic mass is 9.96. The Morgan fingerprint density at radius 3 is 2.57 bits per heavy atom. The molecule has 0 aromatic heterocycles. The van der Waals surface area contributed by atoms with Crippen molar-refractivity contribution in [1.82, 2.24) is 10.2 Å². The third-order valence-electron chi connectivity index (χ3n) is 5.89. The van der Waals surface area contributed by atoms with Crippen LogP contribution in [0.5, 0.6) is 0 Å². The maximum absolute atomic E-state index is 13.3. The largest absolute Gasteiger partial charge is 0.381 e. The molecule has 4 N–H and O–H groups in total. The lowest BCUT2D eigenvalue weighted by molar-refractivity contribution is -0.143. The highest BCUT2D eigenvalue weighted by Gasteiger charge is 2.33. The van der Waals surface area contributed by atoms with Gasteiger partial charge in [0.25, 0.3) is 5.91 Å². The Balaban J connectivity index is 1.45. The summed E-state index contributed by atoms with van der Waals surface area (Å²) in [6, 6.07) is 2.93. The number of amides is 2. The second-order valence-electron chi connectivity index (χ2n) is 7.92. The third-order valence-corrected chi connectivity index (χ3v) is 5.89. The van der Waals surface area contributed by atoms with Crippen LogP contribution in [0, 0.1) is 18.3 Å². The van der Waals surface area contributed by atoms with Crippen molar-refractivity contribution in [2.45, 2.75) is 37.8 Å². The van der Waals surface area contributed by atoms with Gasteiger partial charge in [-0.3, -0.25) is 9.59 Å². The van der Waals surface area contributed by atoms with E-state index in [0.717, 1.165) is 31.4 Å². The number of anilines is 1. The fourth-order valence-corrected chi connectivity index (χ4v) is 4.02. The minimum absolute atomic E-state index is 0.223. The number of nitrogens with zero attached hydrogens (tertiary/aromatic N) is 3. The fraction of sp³-hybridized carbons (Fsp3) is 0.571. The predicted octanol–water partition coefficient (Wildman–Crippen LogP) is 1.02. The standard InChI is InChI=1S/C21H28FN5O3/c1-24-16-12-15(22)4-5-17(16)26-10-6-14(7-11-26)13-25-20(29)18(23)19(28)21(30)27-8-2-3-9-27/h4-5,12,14,18-19,28H,2-3,6-11,13,23H2,(H,25,29)/t18-,19-/m1/s1. The van der Waals surface area contributed by atoms with Crippen molar-refractivity contribution in [3.8, 4) is 0 Å². The molecule has 30 heavy (non-hydrogen) atoms. The number of hydrogen-bond donors (Lipinski definition) is 3. The van der Waals surface area contributed by atoms with Crippen LogP contribution in [0.15, 0.2) is 18.2 Å². The third kappa shape index (κ3) is 5.07. The predicted molar refractivity (Wildman–Crippen MR) is 110 cm³/mol. The smallest absolute Gasteiger partial charge is 0.253 e. The van der Waals surface area contributed by atoms with E-state index in [9.17, 15) is 19.1 Å². The average Bonchev–Trinajstić information content (AvgIpc) is 3.31. The van der Waals surface area contributed by atoms with Crippen molar-refractivity contribution in [3.63, 3.8) is 0 Å². The van der Waals surface area contributed by atoms with Crippen LogP contribution in [0.25, 0.3) is 4.85 Å². The molecule has 0 bridgehead atoms. The van der Waals surface area contributed by atoms with Crippen LogP contribution in [0.3, 0.4) is 0 Å². The second kappa shape index (κ2) is 9.87. The van der Waals surface area contributed by atoms with Crippen molar-refractivity contribution >= 4 is 23.2 Å². The number of halogens is 1. The molecule has 0 saturated carbocycles. The lowest BCUT2D eigenvalue weighted by Gasteiger charge is -2.34. The number of carbonyl (C=O) groups excluding carboxylic acids is 2. The SMILES string of the molecule is [C-]#[N+]c1cc(F)ccc1N1CCC(CNC(=O)[C@H](N)[C@@H](O)C(=O)N2CCCC2)CC1. The van der Waals surface area contributed by atoms with Crippen LogP contribution in [0.1, 0.15) is 25.7 Å². The van der Waals surface area contributed by atoms with Crippen molar-refractivity contribution in [3.05, 3.63) is 35.4 Å². The molecule has 2 heterocycles. The van der Waals surface area contributed by atoms with Gasteiger partial charge in [0.05, 0.1) is 6.57 Å². The van der Waals surface area contributed by atoms with Crippen LogP contribution >= 0.6 is 0 Å². The molecular weight excluding hydrogens is 389 g/mol. The monoisotopic (exact) mass is 417 g/mol. The average molecular weight is 417 g/mol. The first-order valence-electron chi connectivity index (χ1n) is 10.3. The Bertz CT molecular complexity index is 813. The number of carbonyl (C=O) groups is 2. The van der Waals surface area contributed by atoms with Crippen LogP contribution < -0.4 is 16.0 Å². The molecule has 0 aliphatic carbocycles. The van der Waals surface area contributed by atoms with E-state index in [1.165, 1.54) is 12.1 Å². The van der Waals surface area contributed by atoms with Crippen LogP contribution in [0.4, 0.5) is 15.8 Å². The van der Waals surface area contributed by atoms with Gasteiger partial charge in [-0.25, -0.2) is 9.24 Å². The lowest BCUT2D eigenvalue weighted by Crippen LogP contribution is -2.55. The topological polar surface area (TPSA) is 103 Å². The molecule has 1 aromatic rings. The van der Waals surface area contributed by atoms with Crippen molar-refractivity contribution in [1.29, 1.82) is 0 Å². The molecule has 2 saturated heterocycles. The summed E-state index contributed by atoms with van der Waals surface area (Å²) in [7, 11) is 0. The molecule has 9 heteroatoms. The summed E-state index contributed by atoms with van der Waals surface area (Å²) >= 11 is 0. The fourth-order valence-electron chi connectivity index (χ4n) is 4.02. The maximum atomic E-state index is 13.3. The van der Waals surface area contributed by atoms with Gasteiger partial charge in [-0.1, -0.05) is 0 Å². The summed E-state index contributed by atoms with van der Waals surface area (Å²) in [5, 5.41) is 12.9. The van der Waals surface area contributed by atoms with E-state index in [1.807, 2.05) is 0 Å². The van der Waals surface area contributed by atoms with E-state index >= 15 is 0 Å². The minimum atomic E-state index is -1.53. The van der Waals surface area contributed by atoms with Gasteiger partial charge in [0, 0.05) is 38.4 Å². The van der Waals surface area contributed by atoms with Gasteiger partial charge >= 0.3 is 0 Å². The summed E-state index contributed by atoms with van der Waals surface area (Å²) in [5.74, 6) is -1.23. The summed E-state index contributed by atoms with van der Waals surface area (Å²) < 4.78 is 13.3. The van der Waals surface area contributed by atoms with E-state index in [0.29, 0.717) is 38.4 Å². The summed E-state index contributed by atoms with van der Waals surface area (Å²) in [6.45, 7) is 10.2. The van der Waals surface area contributed by atoms with Crippen LogP contribution in [-0.4, -0.2) is 66.7 Å². The molecule has 8 nitrogen and oxygen atoms in total. The van der Waals surface area contributed by atoms with Crippen LogP contribution in [-0.2, 0) is 9.59 Å². The quantitative estimate of drug-likeness (QED) is 0.600. The van der Waals surface area contributed by atoms with Gasteiger partial charge in [0.1, 0.15) is 11.9 Å². The number of nitrogens with one attached hydrogen (secondary N) is 1. The highest BCUT2D eigenvalue weighted by atomic mass is 19.1. The number of likely N-dealkylation sites (tertiary alicyclic amines) is 1. The second-order valence-corrected chi connectivity index (χ2v) is 7.92. The van der Waals surface area contributed by atoms with Gasteiger partial charge in [-0.15, -0.1) is 0 Å². The van der Waals surface area contributed by atoms with Crippen molar-refractivity contribution in [2.75, 3.05) is 37.6 Å². The molecule has 1 aromatic carbocycles. The van der Waals surface area contributed by atoms with E-state index < -0.39 is 29.8 Å². The molecule has 2 aliphatic rings. The van der Waals surface area contributed by atoms with Gasteiger partial charge < -0.3 is 26.0 Å². The highest BCUT2D eigenvalue weighted by molar-refractivity contribution is 5.91. The Kier molecular flexibility index (Phi) is 7.24. The molecule has 2 amide bonds. The zero-order valence-electron chi connectivity index (χ0n) is 16.9. The first-order chi connectivity index (χ1) is 14.4. The number of piperidine rings is 1. The summed E-state index contributed by atoms with van der Waals surface area (Å²) in [6.07, 6.45) is 1.84. The molecule has 0 unspecified atom stereocenters. The molecule has 2 aliphatic heterocycles. The molecule has 0 spiro atoms. The molecule has 0 radical (unpaired) electrons. The number of rotatable bonds is 6. The van der Waals surface area contributed by atoms with Crippen molar-refractivity contribution in [2.24, 2.45) is 11.7 Å². The van der Waals surface area contributed by atoms with Gasteiger partial charge in [-0.2, -0.15) is 0 Å². The maximum Gasteiger partial charge on any atom is 0.253 e. The first-order valence-corrected chi connectivity index (χ1v) is 10.3. The number of nitrogens with two attached hydrogens (primary N) is 1.